The maximum absolute atomic E-state index is 13.0. The third-order valence-electron chi connectivity index (χ3n) is 2.48. The first kappa shape index (κ1) is 9.90. The van der Waals surface area contributed by atoms with E-state index in [2.05, 4.69) is 0 Å². The molecule has 1 heterocycles. The van der Waals surface area contributed by atoms with Crippen molar-refractivity contribution >= 4 is 16.7 Å². The Labute approximate surface area is 87.3 Å². The zero-order valence-corrected chi connectivity index (χ0v) is 8.53. The van der Waals surface area contributed by atoms with Gasteiger partial charge in [0.25, 0.3) is 0 Å². The predicted molar refractivity (Wildman–Crippen MR) is 57.2 cm³/mol. The molecule has 0 spiro atoms. The Morgan fingerprint density at radius 1 is 1.40 bits per heavy atom. The van der Waals surface area contributed by atoms with Gasteiger partial charge in [0, 0.05) is 12.6 Å². The fourth-order valence-corrected chi connectivity index (χ4v) is 1.60. The summed E-state index contributed by atoms with van der Waals surface area (Å²) in [7, 11) is 0. The first-order valence-electron chi connectivity index (χ1n) is 4.97. The molecule has 2 rings (SSSR count). The molecule has 0 fully saturated rings. The molecule has 0 saturated heterocycles. The molecular formula is C12H12FNO. The number of hydrogen-bond donors (Lipinski definition) is 0. The summed E-state index contributed by atoms with van der Waals surface area (Å²) in [4.78, 5) is 11.3. The van der Waals surface area contributed by atoms with Crippen LogP contribution in [0.2, 0.25) is 0 Å². The van der Waals surface area contributed by atoms with Crippen LogP contribution in [0.5, 0.6) is 0 Å². The molecule has 0 aliphatic heterocycles. The zero-order valence-electron chi connectivity index (χ0n) is 8.53. The van der Waals surface area contributed by atoms with Crippen LogP contribution in [0.1, 0.15) is 13.3 Å². The number of Topliss-reactive ketones (excluding diaryl/α,β-unsaturated/α-hetero) is 1. The Balaban J connectivity index is 2.43. The Bertz CT molecular complexity index is 501. The summed E-state index contributed by atoms with van der Waals surface area (Å²) >= 11 is 0. The lowest BCUT2D eigenvalue weighted by Gasteiger charge is -2.02. The molecule has 3 heteroatoms. The molecular weight excluding hydrogens is 193 g/mol. The van der Waals surface area contributed by atoms with Gasteiger partial charge in [0.2, 0.25) is 0 Å². The average Bonchev–Trinajstić information content (AvgIpc) is 2.61. The van der Waals surface area contributed by atoms with Crippen LogP contribution in [0.4, 0.5) is 4.39 Å². The van der Waals surface area contributed by atoms with Crippen LogP contribution in [0, 0.1) is 5.82 Å². The number of fused-ring (bicyclic) bond motifs is 1. The molecule has 0 amide bonds. The van der Waals surface area contributed by atoms with Gasteiger partial charge < -0.3 is 4.57 Å². The fraction of sp³-hybridized carbons (Fsp3) is 0.250. The third-order valence-corrected chi connectivity index (χ3v) is 2.48. The van der Waals surface area contributed by atoms with E-state index < -0.39 is 0 Å². The highest BCUT2D eigenvalue weighted by Gasteiger charge is 2.05. The highest BCUT2D eigenvalue weighted by Crippen LogP contribution is 2.17. The lowest BCUT2D eigenvalue weighted by molar-refractivity contribution is -0.119. The van der Waals surface area contributed by atoms with Crippen LogP contribution in [0.25, 0.3) is 10.9 Å². The van der Waals surface area contributed by atoms with Gasteiger partial charge in [-0.05, 0) is 29.7 Å². The van der Waals surface area contributed by atoms with Crippen molar-refractivity contribution in [2.24, 2.45) is 0 Å². The molecule has 0 unspecified atom stereocenters. The number of halogens is 1. The maximum atomic E-state index is 13.0. The third kappa shape index (κ3) is 1.91. The van der Waals surface area contributed by atoms with E-state index in [0.29, 0.717) is 13.0 Å². The Morgan fingerprint density at radius 2 is 2.20 bits per heavy atom. The van der Waals surface area contributed by atoms with Crippen molar-refractivity contribution < 1.29 is 9.18 Å². The van der Waals surface area contributed by atoms with Crippen molar-refractivity contribution in [1.82, 2.24) is 4.57 Å². The molecule has 0 radical (unpaired) electrons. The lowest BCUT2D eigenvalue weighted by atomic mass is 10.2. The minimum Gasteiger partial charge on any atom is -0.340 e. The summed E-state index contributed by atoms with van der Waals surface area (Å²) < 4.78 is 14.8. The molecule has 1 aromatic heterocycles. The molecule has 78 valence electrons. The zero-order chi connectivity index (χ0) is 10.8. The lowest BCUT2D eigenvalue weighted by Crippen LogP contribution is -2.07. The molecule has 0 N–H and O–H groups in total. The smallest absolute Gasteiger partial charge is 0.152 e. The van der Waals surface area contributed by atoms with E-state index in [4.69, 9.17) is 0 Å². The van der Waals surface area contributed by atoms with Gasteiger partial charge in [0.1, 0.15) is 5.82 Å². The van der Waals surface area contributed by atoms with Gasteiger partial charge in [0.05, 0.1) is 12.1 Å². The highest BCUT2D eigenvalue weighted by atomic mass is 19.1. The Kier molecular flexibility index (Phi) is 2.54. The minimum atomic E-state index is -0.272. The van der Waals surface area contributed by atoms with Crippen molar-refractivity contribution in [2.75, 3.05) is 0 Å². The molecule has 2 aromatic rings. The van der Waals surface area contributed by atoms with Crippen LogP contribution in [-0.2, 0) is 11.3 Å². The monoisotopic (exact) mass is 205 g/mol. The molecule has 0 atom stereocenters. The number of carbonyl (C=O) groups is 1. The van der Waals surface area contributed by atoms with Gasteiger partial charge in [-0.15, -0.1) is 0 Å². The van der Waals surface area contributed by atoms with Gasteiger partial charge in [-0.2, -0.15) is 0 Å². The van der Waals surface area contributed by atoms with Crippen molar-refractivity contribution in [2.45, 2.75) is 19.9 Å². The summed E-state index contributed by atoms with van der Waals surface area (Å²) in [6, 6.07) is 6.49. The molecule has 15 heavy (non-hydrogen) atoms. The second kappa shape index (κ2) is 3.85. The van der Waals surface area contributed by atoms with Crippen LogP contribution < -0.4 is 0 Å². The number of nitrogens with zero attached hydrogens (tertiary/aromatic N) is 1. The molecule has 0 bridgehead atoms. The van der Waals surface area contributed by atoms with E-state index in [-0.39, 0.29) is 11.6 Å². The second-order valence-corrected chi connectivity index (χ2v) is 3.54. The number of carbonyl (C=O) groups excluding carboxylic acids is 1. The standard InChI is InChI=1S/C12H12FNO/c1-2-11(15)8-14-6-5-9-3-4-10(13)7-12(9)14/h3-7H,2,8H2,1H3. The minimum absolute atomic E-state index is 0.150. The first-order valence-corrected chi connectivity index (χ1v) is 4.97. The molecule has 1 aromatic carbocycles. The molecule has 2 nitrogen and oxygen atoms in total. The van der Waals surface area contributed by atoms with Gasteiger partial charge in [-0.1, -0.05) is 6.92 Å². The SMILES string of the molecule is CCC(=O)Cn1ccc2ccc(F)cc21. The number of aromatic nitrogens is 1. The summed E-state index contributed by atoms with van der Waals surface area (Å²) in [5, 5.41) is 0.959. The Morgan fingerprint density at radius 3 is 2.93 bits per heavy atom. The number of benzene rings is 1. The van der Waals surface area contributed by atoms with Crippen LogP contribution in [0.3, 0.4) is 0 Å². The fourth-order valence-electron chi connectivity index (χ4n) is 1.60. The van der Waals surface area contributed by atoms with Gasteiger partial charge in [-0.25, -0.2) is 4.39 Å². The predicted octanol–water partition coefficient (Wildman–Crippen LogP) is 2.76. The topological polar surface area (TPSA) is 22.0 Å². The largest absolute Gasteiger partial charge is 0.340 e. The van der Waals surface area contributed by atoms with E-state index in [9.17, 15) is 9.18 Å². The number of hydrogen-bond acceptors (Lipinski definition) is 1. The van der Waals surface area contributed by atoms with Gasteiger partial charge in [0.15, 0.2) is 5.78 Å². The normalized spacial score (nSPS) is 10.8. The first-order chi connectivity index (χ1) is 7.20. The van der Waals surface area contributed by atoms with Crippen LogP contribution in [-0.4, -0.2) is 10.4 Å². The van der Waals surface area contributed by atoms with Gasteiger partial charge >= 0.3 is 0 Å². The van der Waals surface area contributed by atoms with Crippen molar-refractivity contribution in [3.63, 3.8) is 0 Å². The van der Waals surface area contributed by atoms with E-state index in [1.54, 1.807) is 10.6 Å². The van der Waals surface area contributed by atoms with Crippen LogP contribution in [0.15, 0.2) is 30.5 Å². The summed E-state index contributed by atoms with van der Waals surface area (Å²) in [6.07, 6.45) is 2.33. The van der Waals surface area contributed by atoms with Gasteiger partial charge in [-0.3, -0.25) is 4.79 Å². The maximum Gasteiger partial charge on any atom is 0.152 e. The van der Waals surface area contributed by atoms with E-state index in [1.807, 2.05) is 19.2 Å². The molecule has 0 aliphatic rings. The quantitative estimate of drug-likeness (QED) is 0.755. The molecule has 0 saturated carbocycles. The average molecular weight is 205 g/mol. The van der Waals surface area contributed by atoms with Crippen molar-refractivity contribution in [3.8, 4) is 0 Å². The summed E-state index contributed by atoms with van der Waals surface area (Å²) in [6.45, 7) is 2.15. The molecule has 0 aliphatic carbocycles. The Hall–Kier alpha value is -1.64. The summed E-state index contributed by atoms with van der Waals surface area (Å²) in [5.41, 5.74) is 0.775. The van der Waals surface area contributed by atoms with E-state index in [1.165, 1.54) is 12.1 Å². The van der Waals surface area contributed by atoms with E-state index in [0.717, 1.165) is 10.9 Å². The number of ketones is 1. The number of rotatable bonds is 3. The van der Waals surface area contributed by atoms with E-state index >= 15 is 0 Å². The van der Waals surface area contributed by atoms with Crippen molar-refractivity contribution in [1.29, 1.82) is 0 Å². The summed E-state index contributed by atoms with van der Waals surface area (Å²) in [5.74, 6) is -0.122. The van der Waals surface area contributed by atoms with Crippen molar-refractivity contribution in [3.05, 3.63) is 36.3 Å². The van der Waals surface area contributed by atoms with Crippen LogP contribution >= 0.6 is 0 Å². The highest BCUT2D eigenvalue weighted by molar-refractivity contribution is 5.84. The second-order valence-electron chi connectivity index (χ2n) is 3.54.